The molecule has 0 heterocycles. The van der Waals surface area contributed by atoms with Gasteiger partial charge in [0.25, 0.3) is 0 Å². The zero-order valence-electron chi connectivity index (χ0n) is 7.23. The molecule has 0 unspecified atom stereocenters. The Balaban J connectivity index is 4.14. The maximum absolute atomic E-state index is 10.6. The number of nitrogens with two attached hydrogens (primary N) is 1. The van der Waals surface area contributed by atoms with Crippen molar-refractivity contribution < 1.29 is 19.2 Å². The van der Waals surface area contributed by atoms with Crippen LogP contribution < -0.4 is 5.73 Å². The molecular formula is C6H12N2O4. The second-order valence-electron chi connectivity index (χ2n) is 2.30. The number of carbonyl (C=O) groups excluding carboxylic acids is 2. The van der Waals surface area contributed by atoms with Gasteiger partial charge in [-0.05, 0) is 13.8 Å². The second kappa shape index (κ2) is 4.42. The molecule has 6 heteroatoms. The van der Waals surface area contributed by atoms with Crippen LogP contribution in [0.2, 0.25) is 0 Å². The first-order valence-corrected chi connectivity index (χ1v) is 3.33. The molecule has 0 saturated carbocycles. The van der Waals surface area contributed by atoms with Crippen LogP contribution in [0.1, 0.15) is 13.8 Å². The van der Waals surface area contributed by atoms with Crippen molar-refractivity contribution >= 4 is 12.2 Å². The maximum Gasteiger partial charge on any atom is 0.533 e. The summed E-state index contributed by atoms with van der Waals surface area (Å²) in [6.45, 7) is 3.29. The fraction of sp³-hybridized carbons (Fsp3) is 0.667. The van der Waals surface area contributed by atoms with E-state index in [1.807, 2.05) is 0 Å². The van der Waals surface area contributed by atoms with Gasteiger partial charge in [-0.3, -0.25) is 0 Å². The third kappa shape index (κ3) is 3.09. The highest BCUT2D eigenvalue weighted by atomic mass is 16.8. The summed E-state index contributed by atoms with van der Waals surface area (Å²) in [4.78, 5) is 25.6. The third-order valence-electron chi connectivity index (χ3n) is 1.03. The topological polar surface area (TPSA) is 81.9 Å². The number of rotatable bonds is 1. The molecule has 0 aromatic rings. The third-order valence-corrected chi connectivity index (χ3v) is 1.03. The molecular weight excluding hydrogens is 164 g/mol. The summed E-state index contributed by atoms with van der Waals surface area (Å²) in [7, 11) is 1.14. The van der Waals surface area contributed by atoms with Gasteiger partial charge < -0.3 is 15.3 Å². The molecule has 0 bridgehead atoms. The molecule has 0 atom stereocenters. The van der Waals surface area contributed by atoms with Crippen LogP contribution in [0.15, 0.2) is 0 Å². The molecule has 0 aliphatic carbocycles. The smallest absolute Gasteiger partial charge is 0.436 e. The van der Waals surface area contributed by atoms with Crippen molar-refractivity contribution in [1.82, 2.24) is 5.06 Å². The van der Waals surface area contributed by atoms with Gasteiger partial charge in [0.05, 0.1) is 13.2 Å². The molecule has 0 aromatic heterocycles. The highest BCUT2D eigenvalue weighted by molar-refractivity contribution is 5.73. The van der Waals surface area contributed by atoms with Gasteiger partial charge in [-0.2, -0.15) is 0 Å². The van der Waals surface area contributed by atoms with Crippen LogP contribution in [0, 0.1) is 0 Å². The van der Waals surface area contributed by atoms with E-state index in [9.17, 15) is 9.59 Å². The number of primary amides is 1. The van der Waals surface area contributed by atoms with Gasteiger partial charge in [-0.25, -0.2) is 9.59 Å². The molecule has 0 spiro atoms. The number of hydrogen-bond acceptors (Lipinski definition) is 4. The SMILES string of the molecule is COC(=O)ON(C(N)=O)C(C)C. The molecule has 6 nitrogen and oxygen atoms in total. The van der Waals surface area contributed by atoms with E-state index in [1.165, 1.54) is 0 Å². The average Bonchev–Trinajstić information content (AvgIpc) is 1.98. The summed E-state index contributed by atoms with van der Waals surface area (Å²) in [5.74, 6) is 0. The van der Waals surface area contributed by atoms with Crippen molar-refractivity contribution in [2.24, 2.45) is 5.73 Å². The van der Waals surface area contributed by atoms with E-state index in [-0.39, 0.29) is 6.04 Å². The molecule has 12 heavy (non-hydrogen) atoms. The van der Waals surface area contributed by atoms with Gasteiger partial charge in [0.1, 0.15) is 0 Å². The Hall–Kier alpha value is -1.46. The van der Waals surface area contributed by atoms with Crippen molar-refractivity contribution in [2.75, 3.05) is 7.11 Å². The van der Waals surface area contributed by atoms with Gasteiger partial charge in [0.2, 0.25) is 0 Å². The monoisotopic (exact) mass is 176 g/mol. The Morgan fingerprint density at radius 2 is 1.92 bits per heavy atom. The number of urea groups is 1. The van der Waals surface area contributed by atoms with E-state index in [4.69, 9.17) is 5.73 Å². The van der Waals surface area contributed by atoms with Gasteiger partial charge in [-0.1, -0.05) is 0 Å². The first-order valence-electron chi connectivity index (χ1n) is 3.33. The number of carbonyl (C=O) groups is 2. The molecule has 0 saturated heterocycles. The van der Waals surface area contributed by atoms with E-state index >= 15 is 0 Å². The summed E-state index contributed by atoms with van der Waals surface area (Å²) < 4.78 is 4.17. The average molecular weight is 176 g/mol. The molecule has 2 amide bonds. The summed E-state index contributed by atoms with van der Waals surface area (Å²) in [6, 6.07) is -1.16. The Morgan fingerprint density at radius 3 is 2.17 bits per heavy atom. The number of methoxy groups -OCH3 is 1. The number of ether oxygens (including phenoxy) is 1. The number of hydroxylamine groups is 2. The summed E-state index contributed by atoms with van der Waals surface area (Å²) in [6.07, 6.45) is -0.970. The maximum atomic E-state index is 10.6. The van der Waals surface area contributed by atoms with Crippen molar-refractivity contribution in [3.63, 3.8) is 0 Å². The largest absolute Gasteiger partial charge is 0.533 e. The lowest BCUT2D eigenvalue weighted by Crippen LogP contribution is -2.42. The predicted molar refractivity (Wildman–Crippen MR) is 40.0 cm³/mol. The van der Waals surface area contributed by atoms with Crippen LogP contribution in [0.25, 0.3) is 0 Å². The van der Waals surface area contributed by atoms with Crippen LogP contribution in [-0.2, 0) is 9.57 Å². The van der Waals surface area contributed by atoms with Crippen molar-refractivity contribution in [1.29, 1.82) is 0 Å². The lowest BCUT2D eigenvalue weighted by molar-refractivity contribution is -0.102. The van der Waals surface area contributed by atoms with E-state index in [1.54, 1.807) is 13.8 Å². The van der Waals surface area contributed by atoms with Gasteiger partial charge in [-0.15, -0.1) is 5.06 Å². The summed E-state index contributed by atoms with van der Waals surface area (Å²) in [5, 5.41) is 0.728. The molecule has 2 N–H and O–H groups in total. The van der Waals surface area contributed by atoms with Crippen LogP contribution in [0.3, 0.4) is 0 Å². The Kier molecular flexibility index (Phi) is 3.89. The van der Waals surface area contributed by atoms with E-state index in [2.05, 4.69) is 9.57 Å². The minimum Gasteiger partial charge on any atom is -0.436 e. The van der Waals surface area contributed by atoms with E-state index in [0.29, 0.717) is 0 Å². The van der Waals surface area contributed by atoms with Crippen LogP contribution >= 0.6 is 0 Å². The quantitative estimate of drug-likeness (QED) is 0.465. The highest BCUT2D eigenvalue weighted by Gasteiger charge is 2.19. The molecule has 0 rings (SSSR count). The second-order valence-corrected chi connectivity index (χ2v) is 2.30. The molecule has 0 fully saturated rings. The molecule has 70 valence electrons. The Morgan fingerprint density at radius 1 is 1.42 bits per heavy atom. The normalized spacial score (nSPS) is 9.33. The standard InChI is InChI=1S/C6H12N2O4/c1-4(2)8(5(7)9)12-6(10)11-3/h4H,1-3H3,(H2,7,9). The van der Waals surface area contributed by atoms with Crippen LogP contribution in [0.4, 0.5) is 9.59 Å². The fourth-order valence-electron chi connectivity index (χ4n) is 0.522. The Bertz CT molecular complexity index is 180. The molecule has 0 aromatic carbocycles. The van der Waals surface area contributed by atoms with Crippen LogP contribution in [-0.4, -0.2) is 30.4 Å². The van der Waals surface area contributed by atoms with Gasteiger partial charge in [0.15, 0.2) is 0 Å². The van der Waals surface area contributed by atoms with Crippen molar-refractivity contribution in [2.45, 2.75) is 19.9 Å². The minimum absolute atomic E-state index is 0.318. The predicted octanol–water partition coefficient (Wildman–Crippen LogP) is 0.474. The number of amides is 2. The number of nitrogens with zero attached hydrogens (tertiary/aromatic N) is 1. The summed E-state index contributed by atoms with van der Waals surface area (Å²) in [5.41, 5.74) is 4.89. The van der Waals surface area contributed by atoms with Crippen molar-refractivity contribution in [3.05, 3.63) is 0 Å². The Labute approximate surface area is 70.2 Å². The van der Waals surface area contributed by atoms with Crippen LogP contribution in [0.5, 0.6) is 0 Å². The highest BCUT2D eigenvalue weighted by Crippen LogP contribution is 1.99. The molecule has 0 radical (unpaired) electrons. The van der Waals surface area contributed by atoms with E-state index < -0.39 is 12.2 Å². The first kappa shape index (κ1) is 10.5. The lowest BCUT2D eigenvalue weighted by Gasteiger charge is -2.21. The fourth-order valence-corrected chi connectivity index (χ4v) is 0.522. The van der Waals surface area contributed by atoms with Gasteiger partial charge >= 0.3 is 12.2 Å². The zero-order chi connectivity index (χ0) is 9.72. The van der Waals surface area contributed by atoms with E-state index in [0.717, 1.165) is 12.2 Å². The van der Waals surface area contributed by atoms with Gasteiger partial charge in [0, 0.05) is 0 Å². The lowest BCUT2D eigenvalue weighted by atomic mass is 10.4. The molecule has 0 aliphatic heterocycles. The number of hydrogen-bond donors (Lipinski definition) is 1. The van der Waals surface area contributed by atoms with Crippen molar-refractivity contribution in [3.8, 4) is 0 Å². The first-order chi connectivity index (χ1) is 5.49. The zero-order valence-corrected chi connectivity index (χ0v) is 7.23. The summed E-state index contributed by atoms with van der Waals surface area (Å²) >= 11 is 0. The molecule has 0 aliphatic rings. The minimum atomic E-state index is -0.970.